The van der Waals surface area contributed by atoms with Crippen LogP contribution in [0.15, 0.2) is 0 Å². The highest BCUT2D eigenvalue weighted by Crippen LogP contribution is 2.05. The highest BCUT2D eigenvalue weighted by Gasteiger charge is 2.18. The zero-order valence-electron chi connectivity index (χ0n) is 10.4. The number of carbonyl (C=O) groups excluding carboxylic acids is 1. The van der Waals surface area contributed by atoms with E-state index in [1.807, 2.05) is 14.0 Å². The van der Waals surface area contributed by atoms with E-state index in [2.05, 4.69) is 18.7 Å². The minimum atomic E-state index is -0.0104. The molecule has 0 aliphatic rings. The molecule has 0 saturated heterocycles. The lowest BCUT2D eigenvalue weighted by molar-refractivity contribution is -0.133. The first kappa shape index (κ1) is 13.4. The Morgan fingerprint density at radius 3 is 2.00 bits per heavy atom. The minimum absolute atomic E-state index is 0.0104. The van der Waals surface area contributed by atoms with Gasteiger partial charge in [-0.3, -0.25) is 9.69 Å². The van der Waals surface area contributed by atoms with E-state index in [1.54, 1.807) is 19.0 Å². The Hall–Kier alpha value is -0.570. The van der Waals surface area contributed by atoms with Crippen molar-refractivity contribution < 1.29 is 4.79 Å². The first-order valence-electron chi connectivity index (χ1n) is 5.27. The molecule has 0 aromatic heterocycles. The summed E-state index contributed by atoms with van der Waals surface area (Å²) in [6.07, 6.45) is 1.14. The lowest BCUT2D eigenvalue weighted by Gasteiger charge is -2.26. The molecule has 0 fully saturated rings. The second-order valence-corrected chi connectivity index (χ2v) is 4.57. The zero-order valence-corrected chi connectivity index (χ0v) is 10.4. The molecule has 0 aliphatic carbocycles. The van der Waals surface area contributed by atoms with E-state index < -0.39 is 0 Å². The molecule has 0 spiro atoms. The molecule has 0 radical (unpaired) electrons. The van der Waals surface area contributed by atoms with Gasteiger partial charge in [-0.2, -0.15) is 0 Å². The Morgan fingerprint density at radius 2 is 1.64 bits per heavy atom. The first-order chi connectivity index (χ1) is 6.36. The van der Waals surface area contributed by atoms with Gasteiger partial charge in [0.1, 0.15) is 0 Å². The summed E-state index contributed by atoms with van der Waals surface area (Å²) in [6.45, 7) is 7.35. The molecular weight excluding hydrogens is 176 g/mol. The second kappa shape index (κ2) is 6.02. The molecule has 0 heterocycles. The van der Waals surface area contributed by atoms with Gasteiger partial charge >= 0.3 is 0 Å². The van der Waals surface area contributed by atoms with Crippen LogP contribution in [-0.4, -0.2) is 49.4 Å². The van der Waals surface area contributed by atoms with Crippen LogP contribution in [0.2, 0.25) is 0 Å². The average molecular weight is 200 g/mol. The Labute approximate surface area is 88.1 Å². The molecule has 0 bridgehead atoms. The van der Waals surface area contributed by atoms with Crippen LogP contribution in [0, 0.1) is 5.92 Å². The molecule has 0 aliphatic heterocycles. The monoisotopic (exact) mass is 200 g/mol. The second-order valence-electron chi connectivity index (χ2n) is 4.57. The number of likely N-dealkylation sites (N-methyl/N-ethyl adjacent to an activating group) is 2. The van der Waals surface area contributed by atoms with E-state index >= 15 is 0 Å². The summed E-state index contributed by atoms with van der Waals surface area (Å²) < 4.78 is 0. The number of rotatable bonds is 5. The summed E-state index contributed by atoms with van der Waals surface area (Å²) in [6, 6.07) is -0.0104. The summed E-state index contributed by atoms with van der Waals surface area (Å²) in [4.78, 5) is 15.4. The number of hydrogen-bond acceptors (Lipinski definition) is 2. The summed E-state index contributed by atoms with van der Waals surface area (Å²) in [5.74, 6) is 0.871. The smallest absolute Gasteiger partial charge is 0.239 e. The molecule has 14 heavy (non-hydrogen) atoms. The highest BCUT2D eigenvalue weighted by atomic mass is 16.2. The Bertz CT molecular complexity index is 178. The predicted octanol–water partition coefficient (Wildman–Crippen LogP) is 1.44. The summed E-state index contributed by atoms with van der Waals surface area (Å²) in [7, 11) is 5.61. The number of nitrogens with zero attached hydrogens (tertiary/aromatic N) is 2. The normalized spacial score (nSPS) is 13.4. The maximum Gasteiger partial charge on any atom is 0.239 e. The van der Waals surface area contributed by atoms with Gasteiger partial charge in [-0.15, -0.1) is 0 Å². The number of amides is 1. The van der Waals surface area contributed by atoms with Crippen LogP contribution in [0.5, 0.6) is 0 Å². The van der Waals surface area contributed by atoms with Crippen LogP contribution >= 0.6 is 0 Å². The van der Waals surface area contributed by atoms with Crippen molar-refractivity contribution in [3.8, 4) is 0 Å². The minimum Gasteiger partial charge on any atom is -0.347 e. The fourth-order valence-corrected chi connectivity index (χ4v) is 1.22. The molecule has 0 aromatic rings. The molecule has 3 heteroatoms. The van der Waals surface area contributed by atoms with Crippen LogP contribution in [-0.2, 0) is 4.79 Å². The Balaban J connectivity index is 3.98. The molecule has 0 saturated carbocycles. The highest BCUT2D eigenvalue weighted by molar-refractivity contribution is 5.80. The predicted molar refractivity (Wildman–Crippen MR) is 60.2 cm³/mol. The topological polar surface area (TPSA) is 23.6 Å². The largest absolute Gasteiger partial charge is 0.347 e. The van der Waals surface area contributed by atoms with Gasteiger partial charge in [0.25, 0.3) is 0 Å². The van der Waals surface area contributed by atoms with Crippen LogP contribution < -0.4 is 0 Å². The maximum atomic E-state index is 11.6. The lowest BCUT2D eigenvalue weighted by Crippen LogP contribution is -2.43. The van der Waals surface area contributed by atoms with E-state index in [1.165, 1.54) is 0 Å². The Kier molecular flexibility index (Phi) is 5.77. The van der Waals surface area contributed by atoms with Gasteiger partial charge in [0, 0.05) is 14.1 Å². The molecule has 1 atom stereocenters. The van der Waals surface area contributed by atoms with Crippen molar-refractivity contribution in [2.24, 2.45) is 5.92 Å². The van der Waals surface area contributed by atoms with Gasteiger partial charge < -0.3 is 4.90 Å². The van der Waals surface area contributed by atoms with Gasteiger partial charge in [0.05, 0.1) is 6.04 Å². The third-order valence-electron chi connectivity index (χ3n) is 2.52. The molecule has 3 nitrogen and oxygen atoms in total. The van der Waals surface area contributed by atoms with E-state index in [-0.39, 0.29) is 11.9 Å². The molecule has 1 amide bonds. The first-order valence-corrected chi connectivity index (χ1v) is 5.27. The zero-order chi connectivity index (χ0) is 11.3. The Morgan fingerprint density at radius 1 is 1.14 bits per heavy atom. The molecule has 0 N–H and O–H groups in total. The summed E-state index contributed by atoms with van der Waals surface area (Å²) in [5, 5.41) is 0. The van der Waals surface area contributed by atoms with Crippen molar-refractivity contribution in [3.05, 3.63) is 0 Å². The molecule has 0 aromatic carbocycles. The molecular formula is C11H24N2O. The number of hydrogen-bond donors (Lipinski definition) is 0. The van der Waals surface area contributed by atoms with Crippen LogP contribution in [0.3, 0.4) is 0 Å². The van der Waals surface area contributed by atoms with Crippen molar-refractivity contribution in [2.75, 3.05) is 27.7 Å². The van der Waals surface area contributed by atoms with E-state index in [4.69, 9.17) is 0 Å². The van der Waals surface area contributed by atoms with Crippen LogP contribution in [0.4, 0.5) is 0 Å². The maximum absolute atomic E-state index is 11.6. The molecule has 1 unspecified atom stereocenters. The SMILES string of the molecule is CC(C)CCN(C)C(C)C(=O)N(C)C. The number of carbonyl (C=O) groups is 1. The standard InChI is InChI=1S/C11H24N2O/c1-9(2)7-8-13(6)10(3)11(14)12(4)5/h9-10H,7-8H2,1-6H3. The van der Waals surface area contributed by atoms with E-state index in [0.717, 1.165) is 13.0 Å². The van der Waals surface area contributed by atoms with Gasteiger partial charge in [0.15, 0.2) is 0 Å². The fraction of sp³-hybridized carbons (Fsp3) is 0.909. The van der Waals surface area contributed by atoms with Crippen molar-refractivity contribution in [3.63, 3.8) is 0 Å². The van der Waals surface area contributed by atoms with Gasteiger partial charge in [0.2, 0.25) is 5.91 Å². The van der Waals surface area contributed by atoms with Crippen LogP contribution in [0.1, 0.15) is 27.2 Å². The van der Waals surface area contributed by atoms with Crippen LogP contribution in [0.25, 0.3) is 0 Å². The summed E-state index contributed by atoms with van der Waals surface area (Å²) >= 11 is 0. The van der Waals surface area contributed by atoms with Crippen molar-refractivity contribution >= 4 is 5.91 Å². The van der Waals surface area contributed by atoms with Gasteiger partial charge in [-0.1, -0.05) is 13.8 Å². The van der Waals surface area contributed by atoms with E-state index in [9.17, 15) is 4.79 Å². The fourth-order valence-electron chi connectivity index (χ4n) is 1.22. The van der Waals surface area contributed by atoms with Gasteiger partial charge in [-0.05, 0) is 32.9 Å². The molecule has 0 rings (SSSR count). The third-order valence-corrected chi connectivity index (χ3v) is 2.52. The quantitative estimate of drug-likeness (QED) is 0.670. The van der Waals surface area contributed by atoms with Crippen molar-refractivity contribution in [2.45, 2.75) is 33.2 Å². The average Bonchev–Trinajstić information content (AvgIpc) is 2.11. The van der Waals surface area contributed by atoms with Gasteiger partial charge in [-0.25, -0.2) is 0 Å². The van der Waals surface area contributed by atoms with E-state index in [0.29, 0.717) is 5.92 Å². The third kappa shape index (κ3) is 4.61. The summed E-state index contributed by atoms with van der Waals surface area (Å²) in [5.41, 5.74) is 0. The molecule has 84 valence electrons. The lowest BCUT2D eigenvalue weighted by atomic mass is 10.1. The van der Waals surface area contributed by atoms with Crippen molar-refractivity contribution in [1.82, 2.24) is 9.80 Å². The van der Waals surface area contributed by atoms with Crippen molar-refractivity contribution in [1.29, 1.82) is 0 Å².